The van der Waals surface area contributed by atoms with Gasteiger partial charge in [0.2, 0.25) is 0 Å². The summed E-state index contributed by atoms with van der Waals surface area (Å²) in [6.07, 6.45) is 0. The number of benzene rings is 2. The third-order valence-electron chi connectivity index (χ3n) is 2.51. The molecule has 2 rings (SSSR count). The third kappa shape index (κ3) is 2.45. The molecular formula is C14H13N2O. The molecule has 1 radical (unpaired) electrons. The van der Waals surface area contributed by atoms with Gasteiger partial charge >= 0.3 is 0 Å². The Labute approximate surface area is 100 Å². The fourth-order valence-corrected chi connectivity index (χ4v) is 1.57. The van der Waals surface area contributed by atoms with Crippen LogP contribution in [0.5, 0.6) is 5.75 Å². The van der Waals surface area contributed by atoms with Gasteiger partial charge in [-0.3, -0.25) is 5.41 Å². The second-order valence-electron chi connectivity index (χ2n) is 3.63. The standard InChI is InChI=1S/C14H13N2O/c1-17-13-7-5-10(6-8-13)11-3-2-4-12(9-11)14(15)16/h2,4-9H,1H3,(H3,15,16). The van der Waals surface area contributed by atoms with Crippen LogP contribution in [0, 0.1) is 11.5 Å². The molecule has 2 aromatic carbocycles. The maximum Gasteiger partial charge on any atom is 0.122 e. The van der Waals surface area contributed by atoms with Crippen molar-refractivity contribution >= 4 is 5.84 Å². The van der Waals surface area contributed by atoms with Crippen molar-refractivity contribution in [3.8, 4) is 16.9 Å². The summed E-state index contributed by atoms with van der Waals surface area (Å²) in [6, 6.07) is 16.2. The molecular weight excluding hydrogens is 212 g/mol. The zero-order chi connectivity index (χ0) is 12.3. The summed E-state index contributed by atoms with van der Waals surface area (Å²) in [5.41, 5.74) is 8.10. The van der Waals surface area contributed by atoms with Gasteiger partial charge in [0.05, 0.1) is 7.11 Å². The molecule has 3 nitrogen and oxygen atoms in total. The van der Waals surface area contributed by atoms with Gasteiger partial charge in [0.25, 0.3) is 0 Å². The SMILES string of the molecule is COc1ccc(-c2[c]ccc(C(=N)N)c2)cc1. The molecule has 3 heteroatoms. The first-order valence-electron chi connectivity index (χ1n) is 5.21. The Balaban J connectivity index is 2.38. The first kappa shape index (κ1) is 11.2. The monoisotopic (exact) mass is 225 g/mol. The highest BCUT2D eigenvalue weighted by molar-refractivity contribution is 5.96. The fourth-order valence-electron chi connectivity index (χ4n) is 1.57. The lowest BCUT2D eigenvalue weighted by Gasteiger charge is -2.05. The molecule has 0 unspecified atom stereocenters. The van der Waals surface area contributed by atoms with Crippen LogP contribution in [0.4, 0.5) is 0 Å². The highest BCUT2D eigenvalue weighted by Gasteiger charge is 2.01. The number of nitrogen functional groups attached to an aromatic ring is 1. The maximum atomic E-state index is 7.40. The Morgan fingerprint density at radius 3 is 2.53 bits per heavy atom. The summed E-state index contributed by atoms with van der Waals surface area (Å²) in [5, 5.41) is 7.40. The number of amidine groups is 1. The molecule has 0 aliphatic rings. The minimum atomic E-state index is 0.0637. The van der Waals surface area contributed by atoms with E-state index in [1.807, 2.05) is 30.3 Å². The van der Waals surface area contributed by atoms with Gasteiger partial charge in [-0.1, -0.05) is 24.3 Å². The van der Waals surface area contributed by atoms with Crippen molar-refractivity contribution in [2.75, 3.05) is 7.11 Å². The van der Waals surface area contributed by atoms with Crippen LogP contribution in [-0.2, 0) is 0 Å². The lowest BCUT2D eigenvalue weighted by Crippen LogP contribution is -2.10. The van der Waals surface area contributed by atoms with Crippen molar-refractivity contribution in [3.05, 3.63) is 54.1 Å². The van der Waals surface area contributed by atoms with Crippen LogP contribution < -0.4 is 10.5 Å². The smallest absolute Gasteiger partial charge is 0.122 e. The van der Waals surface area contributed by atoms with Crippen molar-refractivity contribution in [3.63, 3.8) is 0 Å². The molecule has 0 aliphatic carbocycles. The quantitative estimate of drug-likeness (QED) is 0.622. The Morgan fingerprint density at radius 2 is 1.94 bits per heavy atom. The number of nitrogens with one attached hydrogen (secondary N) is 1. The zero-order valence-corrected chi connectivity index (χ0v) is 9.53. The molecule has 17 heavy (non-hydrogen) atoms. The van der Waals surface area contributed by atoms with Gasteiger partial charge in [-0.05, 0) is 35.4 Å². The van der Waals surface area contributed by atoms with Crippen LogP contribution in [0.25, 0.3) is 11.1 Å². The molecule has 2 aromatic rings. The Kier molecular flexibility index (Phi) is 3.10. The summed E-state index contributed by atoms with van der Waals surface area (Å²) in [6.45, 7) is 0. The largest absolute Gasteiger partial charge is 0.497 e. The van der Waals surface area contributed by atoms with Crippen LogP contribution >= 0.6 is 0 Å². The van der Waals surface area contributed by atoms with Crippen LogP contribution in [-0.4, -0.2) is 12.9 Å². The van der Waals surface area contributed by atoms with Crippen molar-refractivity contribution in [1.82, 2.24) is 0 Å². The van der Waals surface area contributed by atoms with Gasteiger partial charge in [0, 0.05) is 5.56 Å². The Hall–Kier alpha value is -2.29. The van der Waals surface area contributed by atoms with Gasteiger partial charge in [-0.15, -0.1) is 0 Å². The van der Waals surface area contributed by atoms with E-state index in [2.05, 4.69) is 6.07 Å². The molecule has 0 saturated carbocycles. The maximum absolute atomic E-state index is 7.40. The molecule has 0 amide bonds. The van der Waals surface area contributed by atoms with E-state index in [0.29, 0.717) is 5.56 Å². The summed E-state index contributed by atoms with van der Waals surface area (Å²) in [4.78, 5) is 0. The normalized spacial score (nSPS) is 9.94. The average Bonchev–Trinajstić information content (AvgIpc) is 2.39. The first-order valence-corrected chi connectivity index (χ1v) is 5.21. The molecule has 0 spiro atoms. The van der Waals surface area contributed by atoms with E-state index >= 15 is 0 Å². The van der Waals surface area contributed by atoms with E-state index < -0.39 is 0 Å². The van der Waals surface area contributed by atoms with Gasteiger partial charge in [0.15, 0.2) is 0 Å². The number of hydrogen-bond acceptors (Lipinski definition) is 2. The van der Waals surface area contributed by atoms with Crippen LogP contribution in [0.15, 0.2) is 42.5 Å². The molecule has 3 N–H and O–H groups in total. The lowest BCUT2D eigenvalue weighted by atomic mass is 10.0. The van der Waals surface area contributed by atoms with E-state index in [-0.39, 0.29) is 5.84 Å². The van der Waals surface area contributed by atoms with Gasteiger partial charge in [0.1, 0.15) is 11.6 Å². The van der Waals surface area contributed by atoms with E-state index in [9.17, 15) is 0 Å². The Bertz CT molecular complexity index is 532. The summed E-state index contributed by atoms with van der Waals surface area (Å²) < 4.78 is 5.10. The average molecular weight is 225 g/mol. The molecule has 0 saturated heterocycles. The van der Waals surface area contributed by atoms with E-state index in [1.165, 1.54) is 0 Å². The summed E-state index contributed by atoms with van der Waals surface area (Å²) >= 11 is 0. The summed E-state index contributed by atoms with van der Waals surface area (Å²) in [7, 11) is 1.64. The second-order valence-corrected chi connectivity index (χ2v) is 3.63. The van der Waals surface area contributed by atoms with Crippen LogP contribution in [0.2, 0.25) is 0 Å². The highest BCUT2D eigenvalue weighted by atomic mass is 16.5. The number of nitrogens with two attached hydrogens (primary N) is 1. The van der Waals surface area contributed by atoms with Crippen LogP contribution in [0.1, 0.15) is 5.56 Å². The molecule has 0 atom stereocenters. The minimum absolute atomic E-state index is 0.0637. The third-order valence-corrected chi connectivity index (χ3v) is 2.51. The highest BCUT2D eigenvalue weighted by Crippen LogP contribution is 2.22. The first-order chi connectivity index (χ1) is 8.20. The molecule has 0 heterocycles. The number of ether oxygens (including phenoxy) is 1. The van der Waals surface area contributed by atoms with Gasteiger partial charge < -0.3 is 10.5 Å². The van der Waals surface area contributed by atoms with Crippen LogP contribution in [0.3, 0.4) is 0 Å². The summed E-state index contributed by atoms with van der Waals surface area (Å²) in [5.74, 6) is 0.880. The van der Waals surface area contributed by atoms with Gasteiger partial charge in [-0.2, -0.15) is 0 Å². The molecule has 0 fully saturated rings. The number of rotatable bonds is 3. The van der Waals surface area contributed by atoms with E-state index in [4.69, 9.17) is 15.9 Å². The van der Waals surface area contributed by atoms with Crippen molar-refractivity contribution in [2.45, 2.75) is 0 Å². The topological polar surface area (TPSA) is 59.1 Å². The predicted molar refractivity (Wildman–Crippen MR) is 68.3 cm³/mol. The Morgan fingerprint density at radius 1 is 1.24 bits per heavy atom. The minimum Gasteiger partial charge on any atom is -0.497 e. The molecule has 0 aromatic heterocycles. The molecule has 0 aliphatic heterocycles. The fraction of sp³-hybridized carbons (Fsp3) is 0.0714. The molecule has 85 valence electrons. The van der Waals surface area contributed by atoms with Gasteiger partial charge in [-0.25, -0.2) is 0 Å². The molecule has 0 bridgehead atoms. The van der Waals surface area contributed by atoms with E-state index in [0.717, 1.165) is 16.9 Å². The predicted octanol–water partition coefficient (Wildman–Crippen LogP) is 2.45. The van der Waals surface area contributed by atoms with E-state index in [1.54, 1.807) is 19.2 Å². The van der Waals surface area contributed by atoms with Crippen molar-refractivity contribution in [1.29, 1.82) is 5.41 Å². The number of hydrogen-bond donors (Lipinski definition) is 2. The number of methoxy groups -OCH3 is 1. The second kappa shape index (κ2) is 4.70. The van der Waals surface area contributed by atoms with Crippen molar-refractivity contribution < 1.29 is 4.74 Å². The lowest BCUT2D eigenvalue weighted by molar-refractivity contribution is 0.415. The van der Waals surface area contributed by atoms with Crippen molar-refractivity contribution in [2.24, 2.45) is 5.73 Å². The zero-order valence-electron chi connectivity index (χ0n) is 9.53.